The van der Waals surface area contributed by atoms with Crippen molar-refractivity contribution in [2.24, 2.45) is 5.73 Å². The molecule has 0 radical (unpaired) electrons. The topological polar surface area (TPSA) is 117 Å². The molecule has 0 fully saturated rings. The summed E-state index contributed by atoms with van der Waals surface area (Å²) in [5.41, 5.74) is 5.37. The van der Waals surface area contributed by atoms with Gasteiger partial charge in [-0.1, -0.05) is 189 Å². The number of hydrogen-bond donors (Lipinski definition) is 2. The number of carbonyl (C=O) groups excluding carboxylic acids is 1. The second-order valence-electron chi connectivity index (χ2n) is 14.5. The molecule has 324 valence electrons. The molecule has 0 aliphatic rings. The van der Waals surface area contributed by atoms with Gasteiger partial charge in [-0.25, -0.2) is 4.57 Å². The zero-order valence-electron chi connectivity index (χ0n) is 35.8. The Kier molecular flexibility index (Phi) is 42.4. The number of unbranched alkanes of at least 4 members (excludes halogenated alkanes) is 17. The van der Waals surface area contributed by atoms with Crippen molar-refractivity contribution in [2.45, 2.75) is 187 Å². The van der Waals surface area contributed by atoms with E-state index in [-0.39, 0.29) is 32.3 Å². The average molecular weight is 806 g/mol. The van der Waals surface area contributed by atoms with Crippen LogP contribution < -0.4 is 5.73 Å². The molecule has 2 atom stereocenters. The van der Waals surface area contributed by atoms with Crippen LogP contribution in [0.2, 0.25) is 0 Å². The van der Waals surface area contributed by atoms with E-state index in [0.29, 0.717) is 13.0 Å². The van der Waals surface area contributed by atoms with Gasteiger partial charge in [-0.3, -0.25) is 13.8 Å². The van der Waals surface area contributed by atoms with Crippen LogP contribution in [0.5, 0.6) is 0 Å². The molecule has 8 nitrogen and oxygen atoms in total. The minimum Gasteiger partial charge on any atom is -0.457 e. The zero-order valence-corrected chi connectivity index (χ0v) is 36.7. The van der Waals surface area contributed by atoms with Gasteiger partial charge in [0.25, 0.3) is 0 Å². The van der Waals surface area contributed by atoms with Crippen LogP contribution in [0.4, 0.5) is 0 Å². The molecule has 0 bridgehead atoms. The Morgan fingerprint density at radius 2 is 0.982 bits per heavy atom. The molecule has 0 saturated carbocycles. The lowest BCUT2D eigenvalue weighted by Crippen LogP contribution is -2.28. The maximum absolute atomic E-state index is 12.6. The average Bonchev–Trinajstić information content (AvgIpc) is 3.19. The predicted molar refractivity (Wildman–Crippen MR) is 238 cm³/mol. The van der Waals surface area contributed by atoms with Gasteiger partial charge < -0.3 is 20.1 Å². The number of carbonyl (C=O) groups is 1. The largest absolute Gasteiger partial charge is 0.472 e. The Morgan fingerprint density at radius 1 is 0.554 bits per heavy atom. The second kappa shape index (κ2) is 44.1. The standard InChI is InChI=1S/C47H84NO7P/c1-3-5-7-9-11-13-15-17-19-21-22-23-25-27-29-31-33-35-37-39-42-52-44-46(45-54-56(50,51)53-43-41-48)55-47(49)40-38-36-34-32-30-28-26-24-20-18-16-14-12-10-8-6-4-2/h5,7,11,13,17,19,22-23,27,29,33,35,46H,3-4,6,8-10,12,14-16,18,20-21,24-26,28,30-32,34,36-45,48H2,1-2H3,(H,50,51)/b7-5-,13-11-,19-17-,23-22-,29-27-,35-33-. The minimum atomic E-state index is -4.30. The van der Waals surface area contributed by atoms with Crippen LogP contribution in [0.1, 0.15) is 181 Å². The number of phosphoric ester groups is 1. The van der Waals surface area contributed by atoms with E-state index in [4.69, 9.17) is 24.3 Å². The highest BCUT2D eigenvalue weighted by Gasteiger charge is 2.25. The van der Waals surface area contributed by atoms with Crippen molar-refractivity contribution in [3.05, 3.63) is 72.9 Å². The molecule has 0 saturated heterocycles. The summed E-state index contributed by atoms with van der Waals surface area (Å²) in [5.74, 6) is -0.350. The van der Waals surface area contributed by atoms with E-state index >= 15 is 0 Å². The number of nitrogens with two attached hydrogens (primary N) is 1. The van der Waals surface area contributed by atoms with Crippen molar-refractivity contribution in [1.29, 1.82) is 0 Å². The third kappa shape index (κ3) is 43.1. The predicted octanol–water partition coefficient (Wildman–Crippen LogP) is 13.5. The molecule has 3 N–H and O–H groups in total. The van der Waals surface area contributed by atoms with Crippen molar-refractivity contribution >= 4 is 13.8 Å². The second-order valence-corrected chi connectivity index (χ2v) is 16.0. The van der Waals surface area contributed by atoms with Crippen LogP contribution in [-0.2, 0) is 27.9 Å². The first-order chi connectivity index (χ1) is 27.4. The van der Waals surface area contributed by atoms with Crippen molar-refractivity contribution < 1.29 is 32.8 Å². The molecule has 0 aromatic rings. The summed E-state index contributed by atoms with van der Waals surface area (Å²) in [6.45, 7) is 4.65. The Morgan fingerprint density at radius 3 is 1.43 bits per heavy atom. The van der Waals surface area contributed by atoms with Crippen molar-refractivity contribution in [3.63, 3.8) is 0 Å². The van der Waals surface area contributed by atoms with Crippen LogP contribution in [0.3, 0.4) is 0 Å². The van der Waals surface area contributed by atoms with Crippen LogP contribution in [-0.4, -0.2) is 49.9 Å². The van der Waals surface area contributed by atoms with E-state index in [0.717, 1.165) is 70.6 Å². The highest BCUT2D eigenvalue weighted by atomic mass is 31.2. The molecule has 0 aromatic heterocycles. The van der Waals surface area contributed by atoms with E-state index < -0.39 is 13.9 Å². The first kappa shape index (κ1) is 53.9. The van der Waals surface area contributed by atoms with E-state index in [2.05, 4.69) is 86.8 Å². The summed E-state index contributed by atoms with van der Waals surface area (Å²) in [5, 5.41) is 0. The summed E-state index contributed by atoms with van der Waals surface area (Å²) in [4.78, 5) is 22.5. The first-order valence-electron chi connectivity index (χ1n) is 22.4. The van der Waals surface area contributed by atoms with Gasteiger partial charge in [-0.05, 0) is 57.8 Å². The van der Waals surface area contributed by atoms with E-state index in [1.165, 1.54) is 89.9 Å². The molecule has 0 heterocycles. The zero-order chi connectivity index (χ0) is 40.9. The maximum Gasteiger partial charge on any atom is 0.472 e. The fourth-order valence-corrected chi connectivity index (χ4v) is 6.66. The summed E-state index contributed by atoms with van der Waals surface area (Å²) in [7, 11) is -4.30. The summed E-state index contributed by atoms with van der Waals surface area (Å²) in [6.07, 6.45) is 55.1. The minimum absolute atomic E-state index is 0.0748. The number of allylic oxidation sites excluding steroid dienone is 12. The Balaban J connectivity index is 4.13. The van der Waals surface area contributed by atoms with E-state index in [1.807, 2.05) is 0 Å². The van der Waals surface area contributed by atoms with E-state index in [1.54, 1.807) is 0 Å². The Bertz CT molecular complexity index is 1080. The van der Waals surface area contributed by atoms with Gasteiger partial charge in [0.2, 0.25) is 0 Å². The molecule has 0 amide bonds. The van der Waals surface area contributed by atoms with Crippen molar-refractivity contribution in [3.8, 4) is 0 Å². The fourth-order valence-electron chi connectivity index (χ4n) is 5.90. The molecule has 0 rings (SSSR count). The molecule has 0 spiro atoms. The number of hydrogen-bond acceptors (Lipinski definition) is 7. The van der Waals surface area contributed by atoms with E-state index in [9.17, 15) is 14.3 Å². The molecule has 2 unspecified atom stereocenters. The Hall–Kier alpha value is -2.06. The first-order valence-corrected chi connectivity index (χ1v) is 23.9. The van der Waals surface area contributed by atoms with Gasteiger partial charge >= 0.3 is 13.8 Å². The molecule has 0 aromatic carbocycles. The lowest BCUT2D eigenvalue weighted by Gasteiger charge is -2.20. The quantitative estimate of drug-likeness (QED) is 0.0271. The maximum atomic E-state index is 12.6. The monoisotopic (exact) mass is 806 g/mol. The lowest BCUT2D eigenvalue weighted by molar-refractivity contribution is -0.154. The molecular weight excluding hydrogens is 721 g/mol. The van der Waals surface area contributed by atoms with Crippen LogP contribution in [0, 0.1) is 0 Å². The van der Waals surface area contributed by atoms with Gasteiger partial charge in [-0.2, -0.15) is 0 Å². The molecule has 9 heteroatoms. The molecule has 0 aliphatic carbocycles. The lowest BCUT2D eigenvalue weighted by atomic mass is 10.0. The number of ether oxygens (including phenoxy) is 2. The van der Waals surface area contributed by atoms with Gasteiger partial charge in [0.05, 0.1) is 19.8 Å². The Labute approximate surface area is 344 Å². The fraction of sp³-hybridized carbons (Fsp3) is 0.723. The number of esters is 1. The highest BCUT2D eigenvalue weighted by Crippen LogP contribution is 2.43. The summed E-state index contributed by atoms with van der Waals surface area (Å²) < 4.78 is 33.4. The van der Waals surface area contributed by atoms with Gasteiger partial charge in [-0.15, -0.1) is 0 Å². The summed E-state index contributed by atoms with van der Waals surface area (Å²) >= 11 is 0. The van der Waals surface area contributed by atoms with Crippen LogP contribution in [0.25, 0.3) is 0 Å². The van der Waals surface area contributed by atoms with Crippen molar-refractivity contribution in [2.75, 3.05) is 33.0 Å². The third-order valence-electron chi connectivity index (χ3n) is 9.14. The van der Waals surface area contributed by atoms with Gasteiger partial charge in [0.15, 0.2) is 0 Å². The number of rotatable bonds is 42. The normalized spacial score (nSPS) is 14.1. The van der Waals surface area contributed by atoms with Gasteiger partial charge in [0.1, 0.15) is 6.10 Å². The third-order valence-corrected chi connectivity index (χ3v) is 10.1. The van der Waals surface area contributed by atoms with Crippen LogP contribution in [0.15, 0.2) is 72.9 Å². The SMILES string of the molecule is CC/C=C\C/C=C\C/C=C\C/C=C\C/C=C\C/C=C\CCCOCC(COP(=O)(O)OCCN)OC(=O)CCCCCCCCCCCCCCCCCCC. The molecule has 0 aliphatic heterocycles. The van der Waals surface area contributed by atoms with Gasteiger partial charge in [0, 0.05) is 19.6 Å². The van der Waals surface area contributed by atoms with Crippen molar-refractivity contribution in [1.82, 2.24) is 0 Å². The molecule has 56 heavy (non-hydrogen) atoms. The summed E-state index contributed by atoms with van der Waals surface area (Å²) in [6, 6.07) is 0. The number of phosphoric acid groups is 1. The van der Waals surface area contributed by atoms with Crippen LogP contribution >= 0.6 is 7.82 Å². The highest BCUT2D eigenvalue weighted by molar-refractivity contribution is 7.47. The smallest absolute Gasteiger partial charge is 0.457 e. The molecular formula is C47H84NO7P.